The van der Waals surface area contributed by atoms with Crippen molar-refractivity contribution in [2.75, 3.05) is 45.2 Å². The van der Waals surface area contributed by atoms with Gasteiger partial charge in [-0.15, -0.1) is 0 Å². The molecule has 8 heteroatoms. The van der Waals surface area contributed by atoms with Crippen LogP contribution in [-0.2, 0) is 9.59 Å². The van der Waals surface area contributed by atoms with E-state index < -0.39 is 5.92 Å². The summed E-state index contributed by atoms with van der Waals surface area (Å²) < 4.78 is 21.1. The van der Waals surface area contributed by atoms with Crippen molar-refractivity contribution < 1.29 is 28.5 Å². The molecule has 0 aromatic heterocycles. The van der Waals surface area contributed by atoms with Crippen molar-refractivity contribution in [1.29, 1.82) is 0 Å². The maximum absolute atomic E-state index is 12.8. The van der Waals surface area contributed by atoms with Crippen molar-refractivity contribution in [1.82, 2.24) is 0 Å². The molecule has 1 fully saturated rings. The first-order valence-corrected chi connectivity index (χ1v) is 9.06. The highest BCUT2D eigenvalue weighted by Crippen LogP contribution is 2.40. The molecule has 154 valence electrons. The Hall–Kier alpha value is -3.42. The van der Waals surface area contributed by atoms with Gasteiger partial charge in [0.25, 0.3) is 0 Å². The second-order valence-corrected chi connectivity index (χ2v) is 6.51. The highest BCUT2D eigenvalue weighted by molar-refractivity contribution is 6.03. The molecule has 0 spiro atoms. The van der Waals surface area contributed by atoms with Crippen LogP contribution in [0.3, 0.4) is 0 Å². The van der Waals surface area contributed by atoms with E-state index in [-0.39, 0.29) is 18.2 Å². The van der Waals surface area contributed by atoms with Gasteiger partial charge >= 0.3 is 0 Å². The molecule has 1 atom stereocenters. The van der Waals surface area contributed by atoms with Gasteiger partial charge < -0.3 is 29.2 Å². The molecule has 0 saturated carbocycles. The van der Waals surface area contributed by atoms with Gasteiger partial charge in [0.2, 0.25) is 17.6 Å². The van der Waals surface area contributed by atoms with Gasteiger partial charge in [0.05, 0.1) is 34.4 Å². The number of benzene rings is 2. The third-order valence-corrected chi connectivity index (χ3v) is 4.79. The molecule has 2 amide bonds. The second kappa shape index (κ2) is 8.72. The first kappa shape index (κ1) is 20.3. The van der Waals surface area contributed by atoms with E-state index in [1.807, 2.05) is 12.1 Å². The molecule has 0 unspecified atom stereocenters. The number of carbonyl (C=O) groups is 2. The lowest BCUT2D eigenvalue weighted by molar-refractivity contribution is -0.122. The van der Waals surface area contributed by atoms with Crippen molar-refractivity contribution in [2.45, 2.75) is 6.42 Å². The molecule has 3 rings (SSSR count). The standard InChI is InChI=1S/C21H24N2O6/c1-26-16-7-5-6-15(11-16)23-12-13(8-19(23)24)21(25)22-14-9-17(27-2)20(29-4)18(10-14)28-3/h5-7,9-11,13H,8,12H2,1-4H3,(H,22,25)/t13-/m1/s1. The number of hydrogen-bond acceptors (Lipinski definition) is 6. The molecule has 2 aromatic carbocycles. The molecular formula is C21H24N2O6. The zero-order valence-corrected chi connectivity index (χ0v) is 16.9. The van der Waals surface area contributed by atoms with Crippen molar-refractivity contribution in [2.24, 2.45) is 5.92 Å². The summed E-state index contributed by atoms with van der Waals surface area (Å²) in [6, 6.07) is 10.5. The quantitative estimate of drug-likeness (QED) is 0.769. The number of amides is 2. The van der Waals surface area contributed by atoms with Crippen LogP contribution in [0.4, 0.5) is 11.4 Å². The average molecular weight is 400 g/mol. The highest BCUT2D eigenvalue weighted by atomic mass is 16.5. The van der Waals surface area contributed by atoms with Crippen LogP contribution in [0.25, 0.3) is 0 Å². The third kappa shape index (κ3) is 4.21. The van der Waals surface area contributed by atoms with E-state index in [0.29, 0.717) is 40.9 Å². The zero-order valence-electron chi connectivity index (χ0n) is 16.9. The Morgan fingerprint density at radius 1 is 1.00 bits per heavy atom. The van der Waals surface area contributed by atoms with Gasteiger partial charge in [0.15, 0.2) is 11.5 Å². The number of anilines is 2. The van der Waals surface area contributed by atoms with Crippen molar-refractivity contribution in [3.63, 3.8) is 0 Å². The van der Waals surface area contributed by atoms with Crippen LogP contribution < -0.4 is 29.2 Å². The second-order valence-electron chi connectivity index (χ2n) is 6.51. The summed E-state index contributed by atoms with van der Waals surface area (Å²) in [5.41, 5.74) is 1.20. The minimum Gasteiger partial charge on any atom is -0.497 e. The summed E-state index contributed by atoms with van der Waals surface area (Å²) in [4.78, 5) is 26.9. The number of methoxy groups -OCH3 is 4. The number of nitrogens with zero attached hydrogens (tertiary/aromatic N) is 1. The van der Waals surface area contributed by atoms with Gasteiger partial charge in [-0.2, -0.15) is 0 Å². The smallest absolute Gasteiger partial charge is 0.229 e. The molecule has 1 saturated heterocycles. The Labute approximate surface area is 169 Å². The Balaban J connectivity index is 1.75. The van der Waals surface area contributed by atoms with Gasteiger partial charge in [0.1, 0.15) is 5.75 Å². The normalized spacial score (nSPS) is 15.8. The zero-order chi connectivity index (χ0) is 21.0. The van der Waals surface area contributed by atoms with E-state index >= 15 is 0 Å². The van der Waals surface area contributed by atoms with Crippen molar-refractivity contribution in [3.05, 3.63) is 36.4 Å². The average Bonchev–Trinajstić information content (AvgIpc) is 3.14. The lowest BCUT2D eigenvalue weighted by Gasteiger charge is -2.18. The minimum atomic E-state index is -0.479. The summed E-state index contributed by atoms with van der Waals surface area (Å²) in [5, 5.41) is 2.84. The molecule has 0 aliphatic carbocycles. The van der Waals surface area contributed by atoms with E-state index in [9.17, 15) is 9.59 Å². The summed E-state index contributed by atoms with van der Waals surface area (Å²) >= 11 is 0. The Morgan fingerprint density at radius 2 is 1.69 bits per heavy atom. The summed E-state index contributed by atoms with van der Waals surface area (Å²) in [6.45, 7) is 0.294. The lowest BCUT2D eigenvalue weighted by Crippen LogP contribution is -2.28. The molecule has 1 aliphatic heterocycles. The minimum absolute atomic E-state index is 0.108. The number of hydrogen-bond donors (Lipinski definition) is 1. The van der Waals surface area contributed by atoms with Crippen LogP contribution in [0.15, 0.2) is 36.4 Å². The number of rotatable bonds is 7. The fraction of sp³-hybridized carbons (Fsp3) is 0.333. The van der Waals surface area contributed by atoms with Gasteiger partial charge in [0, 0.05) is 42.5 Å². The molecule has 2 aromatic rings. The topological polar surface area (TPSA) is 86.3 Å². The van der Waals surface area contributed by atoms with E-state index in [0.717, 1.165) is 0 Å². The molecule has 29 heavy (non-hydrogen) atoms. The van der Waals surface area contributed by atoms with Crippen LogP contribution >= 0.6 is 0 Å². The van der Waals surface area contributed by atoms with E-state index in [1.54, 1.807) is 36.3 Å². The van der Waals surface area contributed by atoms with Crippen LogP contribution in [0.2, 0.25) is 0 Å². The van der Waals surface area contributed by atoms with Crippen molar-refractivity contribution >= 4 is 23.2 Å². The lowest BCUT2D eigenvalue weighted by atomic mass is 10.1. The molecular weight excluding hydrogens is 376 g/mol. The first-order chi connectivity index (χ1) is 14.0. The van der Waals surface area contributed by atoms with Gasteiger partial charge in [-0.25, -0.2) is 0 Å². The third-order valence-electron chi connectivity index (χ3n) is 4.79. The van der Waals surface area contributed by atoms with E-state index in [2.05, 4.69) is 5.32 Å². The van der Waals surface area contributed by atoms with Crippen LogP contribution in [0, 0.1) is 5.92 Å². The van der Waals surface area contributed by atoms with E-state index in [1.165, 1.54) is 21.3 Å². The maximum Gasteiger partial charge on any atom is 0.229 e. The summed E-state index contributed by atoms with van der Waals surface area (Å²) in [5.74, 6) is 1.12. The molecule has 1 aliphatic rings. The number of carbonyl (C=O) groups excluding carboxylic acids is 2. The largest absolute Gasteiger partial charge is 0.497 e. The predicted octanol–water partition coefficient (Wildman–Crippen LogP) is 2.71. The molecule has 0 radical (unpaired) electrons. The van der Waals surface area contributed by atoms with Gasteiger partial charge in [-0.05, 0) is 12.1 Å². The maximum atomic E-state index is 12.8. The summed E-state index contributed by atoms with van der Waals surface area (Å²) in [6.07, 6.45) is 0.132. The molecule has 0 bridgehead atoms. The van der Waals surface area contributed by atoms with E-state index in [4.69, 9.17) is 18.9 Å². The monoisotopic (exact) mass is 400 g/mol. The SMILES string of the molecule is COc1cccc(N2C[C@H](C(=O)Nc3cc(OC)c(OC)c(OC)c3)CC2=O)c1. The van der Waals surface area contributed by atoms with Crippen LogP contribution in [-0.4, -0.2) is 46.8 Å². The van der Waals surface area contributed by atoms with Gasteiger partial charge in [-0.3, -0.25) is 9.59 Å². The predicted molar refractivity (Wildman–Crippen MR) is 108 cm³/mol. The molecule has 1 N–H and O–H groups in total. The number of nitrogens with one attached hydrogen (secondary N) is 1. The Morgan fingerprint density at radius 3 is 2.28 bits per heavy atom. The molecule has 1 heterocycles. The van der Waals surface area contributed by atoms with Crippen LogP contribution in [0.1, 0.15) is 6.42 Å². The Kier molecular flexibility index (Phi) is 6.11. The Bertz CT molecular complexity index is 889. The highest BCUT2D eigenvalue weighted by Gasteiger charge is 2.35. The van der Waals surface area contributed by atoms with Crippen molar-refractivity contribution in [3.8, 4) is 23.0 Å². The van der Waals surface area contributed by atoms with Gasteiger partial charge in [-0.1, -0.05) is 6.07 Å². The van der Waals surface area contributed by atoms with Crippen LogP contribution in [0.5, 0.6) is 23.0 Å². The summed E-state index contributed by atoms with van der Waals surface area (Å²) in [7, 11) is 6.09. The first-order valence-electron chi connectivity index (χ1n) is 9.06. The molecule has 8 nitrogen and oxygen atoms in total. The fourth-order valence-electron chi connectivity index (χ4n) is 3.31. The fourth-order valence-corrected chi connectivity index (χ4v) is 3.31. The number of ether oxygens (including phenoxy) is 4.